The number of rotatable bonds is 3. The lowest BCUT2D eigenvalue weighted by atomic mass is 9.92. The summed E-state index contributed by atoms with van der Waals surface area (Å²) < 4.78 is 38.4. The van der Waals surface area contributed by atoms with Crippen LogP contribution in [0.2, 0.25) is 0 Å². The lowest BCUT2D eigenvalue weighted by Crippen LogP contribution is -2.28. The number of nitrogens with one attached hydrogen (secondary N) is 1. The number of nitro benzene ring substituents is 1. The molecule has 7 heteroatoms. The van der Waals surface area contributed by atoms with Gasteiger partial charge in [0.1, 0.15) is 0 Å². The van der Waals surface area contributed by atoms with Crippen molar-refractivity contribution in [2.24, 2.45) is 0 Å². The van der Waals surface area contributed by atoms with E-state index in [2.05, 4.69) is 5.32 Å². The van der Waals surface area contributed by atoms with Crippen molar-refractivity contribution < 1.29 is 18.1 Å². The number of alkyl halides is 3. The number of nitro groups is 1. The highest BCUT2D eigenvalue weighted by molar-refractivity contribution is 5.58. The second-order valence-corrected chi connectivity index (χ2v) is 4.26. The van der Waals surface area contributed by atoms with Gasteiger partial charge in [0, 0.05) is 23.9 Å². The number of non-ortho nitro benzene ring substituents is 1. The predicted molar refractivity (Wildman–Crippen MR) is 59.4 cm³/mol. The van der Waals surface area contributed by atoms with E-state index in [1.807, 2.05) is 0 Å². The fourth-order valence-electron chi connectivity index (χ4n) is 1.78. The Morgan fingerprint density at radius 1 is 1.33 bits per heavy atom. The van der Waals surface area contributed by atoms with Gasteiger partial charge in [-0.05, 0) is 25.3 Å². The van der Waals surface area contributed by atoms with Crippen LogP contribution in [-0.2, 0) is 6.18 Å². The molecule has 1 N–H and O–H groups in total. The van der Waals surface area contributed by atoms with E-state index in [1.165, 1.54) is 0 Å². The van der Waals surface area contributed by atoms with Crippen molar-refractivity contribution in [2.45, 2.75) is 31.5 Å². The van der Waals surface area contributed by atoms with Crippen LogP contribution in [-0.4, -0.2) is 11.0 Å². The van der Waals surface area contributed by atoms with Crippen molar-refractivity contribution in [3.8, 4) is 0 Å². The van der Waals surface area contributed by atoms with E-state index in [0.717, 1.165) is 31.4 Å². The number of anilines is 1. The van der Waals surface area contributed by atoms with Crippen LogP contribution in [0.4, 0.5) is 24.5 Å². The molecule has 18 heavy (non-hydrogen) atoms. The summed E-state index contributed by atoms with van der Waals surface area (Å²) in [6, 6.07) is 2.81. The van der Waals surface area contributed by atoms with Gasteiger partial charge in [-0.25, -0.2) is 0 Å². The topological polar surface area (TPSA) is 55.2 Å². The minimum absolute atomic E-state index is 0.0348. The molecular formula is C11H11F3N2O2. The Hall–Kier alpha value is -1.79. The summed E-state index contributed by atoms with van der Waals surface area (Å²) >= 11 is 0. The summed E-state index contributed by atoms with van der Waals surface area (Å²) in [6.45, 7) is 0. The third-order valence-corrected chi connectivity index (χ3v) is 2.98. The maximum atomic E-state index is 12.8. The van der Waals surface area contributed by atoms with E-state index in [0.29, 0.717) is 6.07 Å². The largest absolute Gasteiger partial charge is 0.418 e. The van der Waals surface area contributed by atoms with Crippen LogP contribution in [0.5, 0.6) is 0 Å². The van der Waals surface area contributed by atoms with Gasteiger partial charge in [-0.1, -0.05) is 0 Å². The second kappa shape index (κ2) is 4.47. The molecule has 4 nitrogen and oxygen atoms in total. The Balaban J connectivity index is 2.34. The molecule has 0 radical (unpaired) electrons. The number of hydrogen-bond donors (Lipinski definition) is 1. The van der Waals surface area contributed by atoms with Gasteiger partial charge in [-0.2, -0.15) is 13.2 Å². The monoisotopic (exact) mass is 260 g/mol. The standard InChI is InChI=1S/C11H11F3N2O2/c12-11(13,14)9-6-8(16(17)18)4-5-10(9)15-7-2-1-3-7/h4-7,15H,1-3H2. The maximum Gasteiger partial charge on any atom is 0.418 e. The van der Waals surface area contributed by atoms with Crippen LogP contribution in [0, 0.1) is 10.1 Å². The third kappa shape index (κ3) is 2.55. The molecule has 1 saturated carbocycles. The molecule has 0 atom stereocenters. The Kier molecular flexibility index (Phi) is 3.14. The molecule has 0 amide bonds. The predicted octanol–water partition coefficient (Wildman–Crippen LogP) is 3.58. The summed E-state index contributed by atoms with van der Waals surface area (Å²) in [7, 11) is 0. The Bertz CT molecular complexity index is 470. The molecule has 2 rings (SSSR count). The quantitative estimate of drug-likeness (QED) is 0.667. The van der Waals surface area contributed by atoms with Crippen LogP contribution in [0.1, 0.15) is 24.8 Å². The summed E-state index contributed by atoms with van der Waals surface area (Å²) in [4.78, 5) is 9.67. The molecule has 1 aliphatic rings. The second-order valence-electron chi connectivity index (χ2n) is 4.26. The van der Waals surface area contributed by atoms with Gasteiger partial charge >= 0.3 is 6.18 Å². The number of nitrogens with zero attached hydrogens (tertiary/aromatic N) is 1. The van der Waals surface area contributed by atoms with Gasteiger partial charge in [-0.15, -0.1) is 0 Å². The first kappa shape index (κ1) is 12.7. The molecule has 98 valence electrons. The third-order valence-electron chi connectivity index (χ3n) is 2.98. The highest BCUT2D eigenvalue weighted by Crippen LogP contribution is 2.38. The normalized spacial score (nSPS) is 16.2. The summed E-state index contributed by atoms with van der Waals surface area (Å²) in [5.74, 6) is 0. The zero-order valence-electron chi connectivity index (χ0n) is 9.33. The molecule has 0 saturated heterocycles. The first-order valence-electron chi connectivity index (χ1n) is 5.50. The van der Waals surface area contributed by atoms with Crippen LogP contribution in [0.25, 0.3) is 0 Å². The van der Waals surface area contributed by atoms with E-state index < -0.39 is 22.4 Å². The van der Waals surface area contributed by atoms with Gasteiger partial charge in [-0.3, -0.25) is 10.1 Å². The molecule has 1 aliphatic carbocycles. The molecule has 1 aromatic carbocycles. The molecule has 0 spiro atoms. The molecule has 0 heterocycles. The maximum absolute atomic E-state index is 12.8. The van der Waals surface area contributed by atoms with Crippen LogP contribution < -0.4 is 5.32 Å². The minimum Gasteiger partial charge on any atom is -0.382 e. The van der Waals surface area contributed by atoms with Crippen LogP contribution in [0.3, 0.4) is 0 Å². The average molecular weight is 260 g/mol. The molecule has 1 aromatic rings. The van der Waals surface area contributed by atoms with Gasteiger partial charge in [0.2, 0.25) is 0 Å². The number of hydrogen-bond acceptors (Lipinski definition) is 3. The molecule has 0 bridgehead atoms. The smallest absolute Gasteiger partial charge is 0.382 e. The summed E-state index contributed by atoms with van der Waals surface area (Å²) in [5.41, 5.74) is -1.62. The lowest BCUT2D eigenvalue weighted by molar-refractivity contribution is -0.385. The van der Waals surface area contributed by atoms with Gasteiger partial charge in [0.15, 0.2) is 0 Å². The van der Waals surface area contributed by atoms with Gasteiger partial charge in [0.25, 0.3) is 5.69 Å². The van der Waals surface area contributed by atoms with Gasteiger partial charge < -0.3 is 5.32 Å². The summed E-state index contributed by atoms with van der Waals surface area (Å²) in [6.07, 6.45) is -1.95. The van der Waals surface area contributed by atoms with Crippen molar-refractivity contribution in [3.63, 3.8) is 0 Å². The van der Waals surface area contributed by atoms with Gasteiger partial charge in [0.05, 0.1) is 10.5 Å². The SMILES string of the molecule is O=[N+]([O-])c1ccc(NC2CCC2)c(C(F)(F)F)c1. The highest BCUT2D eigenvalue weighted by Gasteiger charge is 2.36. The number of halogens is 3. The fraction of sp³-hybridized carbons (Fsp3) is 0.455. The van der Waals surface area contributed by atoms with Crippen molar-refractivity contribution in [1.82, 2.24) is 0 Å². The molecule has 0 unspecified atom stereocenters. The number of benzene rings is 1. The highest BCUT2D eigenvalue weighted by atomic mass is 19.4. The first-order chi connectivity index (χ1) is 8.38. The van der Waals surface area contributed by atoms with E-state index in [9.17, 15) is 23.3 Å². The van der Waals surface area contributed by atoms with E-state index >= 15 is 0 Å². The first-order valence-corrected chi connectivity index (χ1v) is 5.50. The molecule has 0 aromatic heterocycles. The van der Waals surface area contributed by atoms with Crippen molar-refractivity contribution in [3.05, 3.63) is 33.9 Å². The van der Waals surface area contributed by atoms with Crippen LogP contribution in [0.15, 0.2) is 18.2 Å². The summed E-state index contributed by atoms with van der Waals surface area (Å²) in [5, 5.41) is 13.3. The van der Waals surface area contributed by atoms with Crippen molar-refractivity contribution in [1.29, 1.82) is 0 Å². The fourth-order valence-corrected chi connectivity index (χ4v) is 1.78. The van der Waals surface area contributed by atoms with Crippen molar-refractivity contribution >= 4 is 11.4 Å². The Morgan fingerprint density at radius 2 is 2.00 bits per heavy atom. The zero-order valence-corrected chi connectivity index (χ0v) is 9.33. The molecule has 1 fully saturated rings. The van der Waals surface area contributed by atoms with E-state index in [1.54, 1.807) is 0 Å². The van der Waals surface area contributed by atoms with Crippen LogP contribution >= 0.6 is 0 Å². The Labute approximate surface area is 101 Å². The average Bonchev–Trinajstić information content (AvgIpc) is 2.22. The zero-order chi connectivity index (χ0) is 13.3. The Morgan fingerprint density at radius 3 is 2.44 bits per heavy atom. The lowest BCUT2D eigenvalue weighted by Gasteiger charge is -2.28. The van der Waals surface area contributed by atoms with E-state index in [4.69, 9.17) is 0 Å². The van der Waals surface area contributed by atoms with Crippen molar-refractivity contribution in [2.75, 3.05) is 5.32 Å². The van der Waals surface area contributed by atoms with E-state index in [-0.39, 0.29) is 11.7 Å². The molecular weight excluding hydrogens is 249 g/mol. The minimum atomic E-state index is -4.60. The molecule has 0 aliphatic heterocycles.